The molecule has 0 spiro atoms. The minimum Gasteiger partial charge on any atom is -0.271 e. The third-order valence-electron chi connectivity index (χ3n) is 3.81. The smallest absolute Gasteiger partial charge is 0.128 e. The first-order valence-corrected chi connectivity index (χ1v) is 7.63. The zero-order chi connectivity index (χ0) is 14.1. The molecule has 2 nitrogen and oxygen atoms in total. The fourth-order valence-corrected chi connectivity index (χ4v) is 4.08. The fourth-order valence-electron chi connectivity index (χ4n) is 2.79. The Bertz CT molecular complexity index is 630. The highest BCUT2D eigenvalue weighted by Gasteiger charge is 2.32. The van der Waals surface area contributed by atoms with Crippen LogP contribution < -0.4 is 11.3 Å². The second-order valence-electron chi connectivity index (χ2n) is 5.12. The van der Waals surface area contributed by atoms with E-state index in [0.29, 0.717) is 5.56 Å². The fraction of sp³-hybridized carbons (Fsp3) is 0.250. The molecule has 0 saturated heterocycles. The molecule has 0 saturated carbocycles. The van der Waals surface area contributed by atoms with E-state index in [1.807, 2.05) is 25.1 Å². The molecule has 2 atom stereocenters. The Morgan fingerprint density at radius 2 is 2.10 bits per heavy atom. The summed E-state index contributed by atoms with van der Waals surface area (Å²) in [4.78, 5) is 1.27. The van der Waals surface area contributed by atoms with Crippen LogP contribution in [-0.2, 0) is 0 Å². The first kappa shape index (κ1) is 13.6. The predicted molar refractivity (Wildman–Crippen MR) is 81.1 cm³/mol. The SMILES string of the molecule is Cc1ccc(F)c(C(NN)C2CSc3ccccc32)c1. The lowest BCUT2D eigenvalue weighted by molar-refractivity contribution is 0.460. The summed E-state index contributed by atoms with van der Waals surface area (Å²) in [6.07, 6.45) is 0. The van der Waals surface area contributed by atoms with Crippen molar-refractivity contribution in [3.8, 4) is 0 Å². The molecule has 0 aromatic heterocycles. The number of hydrazine groups is 1. The molecular weight excluding hydrogens is 271 g/mol. The molecule has 0 bridgehead atoms. The molecule has 1 heterocycles. The number of aryl methyl sites for hydroxylation is 1. The van der Waals surface area contributed by atoms with Gasteiger partial charge < -0.3 is 0 Å². The number of hydrogen-bond donors (Lipinski definition) is 2. The molecule has 20 heavy (non-hydrogen) atoms. The third kappa shape index (κ3) is 2.35. The molecule has 0 aliphatic carbocycles. The maximum Gasteiger partial charge on any atom is 0.128 e. The second-order valence-corrected chi connectivity index (χ2v) is 6.19. The molecule has 0 radical (unpaired) electrons. The maximum atomic E-state index is 14.1. The molecular formula is C16H17FN2S. The molecule has 3 N–H and O–H groups in total. The van der Waals surface area contributed by atoms with Gasteiger partial charge in [0.2, 0.25) is 0 Å². The van der Waals surface area contributed by atoms with Gasteiger partial charge in [-0.3, -0.25) is 11.3 Å². The van der Waals surface area contributed by atoms with Crippen molar-refractivity contribution in [1.29, 1.82) is 0 Å². The van der Waals surface area contributed by atoms with Crippen LogP contribution in [0.5, 0.6) is 0 Å². The summed E-state index contributed by atoms with van der Waals surface area (Å²) in [6, 6.07) is 13.3. The Balaban J connectivity index is 2.01. The van der Waals surface area contributed by atoms with Gasteiger partial charge in [0.25, 0.3) is 0 Å². The number of hydrogen-bond acceptors (Lipinski definition) is 3. The van der Waals surface area contributed by atoms with Crippen LogP contribution in [0.25, 0.3) is 0 Å². The van der Waals surface area contributed by atoms with Crippen molar-refractivity contribution in [3.63, 3.8) is 0 Å². The second kappa shape index (κ2) is 5.56. The Morgan fingerprint density at radius 3 is 2.90 bits per heavy atom. The quantitative estimate of drug-likeness (QED) is 0.670. The zero-order valence-corrected chi connectivity index (χ0v) is 12.1. The van der Waals surface area contributed by atoms with E-state index in [0.717, 1.165) is 11.3 Å². The van der Waals surface area contributed by atoms with E-state index in [1.165, 1.54) is 16.5 Å². The molecule has 2 unspecified atom stereocenters. The van der Waals surface area contributed by atoms with E-state index < -0.39 is 0 Å². The van der Waals surface area contributed by atoms with E-state index in [4.69, 9.17) is 5.84 Å². The summed E-state index contributed by atoms with van der Waals surface area (Å²) >= 11 is 1.81. The van der Waals surface area contributed by atoms with Crippen LogP contribution in [0.2, 0.25) is 0 Å². The van der Waals surface area contributed by atoms with Crippen molar-refractivity contribution < 1.29 is 4.39 Å². The molecule has 2 aromatic carbocycles. The van der Waals surface area contributed by atoms with E-state index in [2.05, 4.69) is 17.6 Å². The molecule has 1 aliphatic heterocycles. The monoisotopic (exact) mass is 288 g/mol. The number of nitrogens with one attached hydrogen (secondary N) is 1. The van der Waals surface area contributed by atoms with Gasteiger partial charge in [0.15, 0.2) is 0 Å². The summed E-state index contributed by atoms with van der Waals surface area (Å²) in [7, 11) is 0. The average molecular weight is 288 g/mol. The van der Waals surface area contributed by atoms with Gasteiger partial charge in [0, 0.05) is 22.1 Å². The first-order valence-electron chi connectivity index (χ1n) is 6.64. The number of benzene rings is 2. The predicted octanol–water partition coefficient (Wildman–Crippen LogP) is 3.53. The molecule has 3 rings (SSSR count). The Labute approximate surface area is 122 Å². The summed E-state index contributed by atoms with van der Waals surface area (Å²) in [5, 5.41) is 0. The van der Waals surface area contributed by atoms with E-state index in [-0.39, 0.29) is 17.8 Å². The number of rotatable bonds is 3. The van der Waals surface area contributed by atoms with E-state index >= 15 is 0 Å². The molecule has 4 heteroatoms. The highest BCUT2D eigenvalue weighted by atomic mass is 32.2. The Hall–Kier alpha value is -1.36. The standard InChI is InChI=1S/C16H17FN2S/c1-10-6-7-14(17)12(8-10)16(19-18)13-9-20-15-5-3-2-4-11(13)15/h2-8,13,16,19H,9,18H2,1H3. The van der Waals surface area contributed by atoms with Crippen molar-refractivity contribution in [2.75, 3.05) is 5.75 Å². The van der Waals surface area contributed by atoms with E-state index in [9.17, 15) is 4.39 Å². The third-order valence-corrected chi connectivity index (χ3v) is 5.01. The largest absolute Gasteiger partial charge is 0.271 e. The lowest BCUT2D eigenvalue weighted by Crippen LogP contribution is -2.33. The summed E-state index contributed by atoms with van der Waals surface area (Å²) in [6.45, 7) is 1.97. The van der Waals surface area contributed by atoms with Gasteiger partial charge >= 0.3 is 0 Å². The van der Waals surface area contributed by atoms with Crippen molar-refractivity contribution in [1.82, 2.24) is 5.43 Å². The lowest BCUT2D eigenvalue weighted by Gasteiger charge is -2.24. The minimum absolute atomic E-state index is 0.192. The minimum atomic E-state index is -0.203. The number of nitrogens with two attached hydrogens (primary N) is 1. The van der Waals surface area contributed by atoms with Crippen LogP contribution in [0.3, 0.4) is 0 Å². The zero-order valence-electron chi connectivity index (χ0n) is 11.3. The van der Waals surface area contributed by atoms with Crippen molar-refractivity contribution in [2.24, 2.45) is 5.84 Å². The summed E-state index contributed by atoms with van der Waals surface area (Å²) < 4.78 is 14.1. The van der Waals surface area contributed by atoms with Crippen LogP contribution in [0.15, 0.2) is 47.4 Å². The lowest BCUT2D eigenvalue weighted by atomic mass is 9.88. The van der Waals surface area contributed by atoms with Gasteiger partial charge in [-0.25, -0.2) is 4.39 Å². The normalized spacial score (nSPS) is 18.9. The highest BCUT2D eigenvalue weighted by molar-refractivity contribution is 7.99. The van der Waals surface area contributed by atoms with Gasteiger partial charge in [-0.1, -0.05) is 35.9 Å². The molecule has 0 amide bonds. The topological polar surface area (TPSA) is 38.0 Å². The summed E-state index contributed by atoms with van der Waals surface area (Å²) in [5.74, 6) is 6.64. The number of thioether (sulfide) groups is 1. The first-order chi connectivity index (χ1) is 9.70. The van der Waals surface area contributed by atoms with Gasteiger partial charge in [0.05, 0.1) is 6.04 Å². The Morgan fingerprint density at radius 1 is 1.30 bits per heavy atom. The van der Waals surface area contributed by atoms with E-state index in [1.54, 1.807) is 17.8 Å². The number of halogens is 1. The van der Waals surface area contributed by atoms with Crippen LogP contribution in [0.1, 0.15) is 28.7 Å². The maximum absolute atomic E-state index is 14.1. The van der Waals surface area contributed by atoms with Crippen LogP contribution in [-0.4, -0.2) is 5.75 Å². The van der Waals surface area contributed by atoms with Crippen molar-refractivity contribution >= 4 is 11.8 Å². The van der Waals surface area contributed by atoms with Gasteiger partial charge in [0.1, 0.15) is 5.82 Å². The highest BCUT2D eigenvalue weighted by Crippen LogP contribution is 2.45. The van der Waals surface area contributed by atoms with Gasteiger partial charge in [-0.2, -0.15) is 0 Å². The van der Waals surface area contributed by atoms with Gasteiger partial charge in [-0.15, -0.1) is 11.8 Å². The van der Waals surface area contributed by atoms with Crippen LogP contribution >= 0.6 is 11.8 Å². The average Bonchev–Trinajstić information content (AvgIpc) is 2.88. The van der Waals surface area contributed by atoms with Gasteiger partial charge in [-0.05, 0) is 24.6 Å². The molecule has 0 fully saturated rings. The Kier molecular flexibility index (Phi) is 3.78. The molecule has 104 valence electrons. The molecule has 2 aromatic rings. The van der Waals surface area contributed by atoms with Crippen LogP contribution in [0, 0.1) is 12.7 Å². The summed E-state index contributed by atoms with van der Waals surface area (Å²) in [5.41, 5.74) is 5.76. The van der Waals surface area contributed by atoms with Crippen molar-refractivity contribution in [2.45, 2.75) is 23.8 Å². The molecule has 1 aliphatic rings. The number of fused-ring (bicyclic) bond motifs is 1. The van der Waals surface area contributed by atoms with Crippen LogP contribution in [0.4, 0.5) is 4.39 Å². The van der Waals surface area contributed by atoms with Crippen molar-refractivity contribution in [3.05, 3.63) is 65.0 Å².